The van der Waals surface area contributed by atoms with E-state index < -0.39 is 5.97 Å². The highest BCUT2D eigenvalue weighted by molar-refractivity contribution is 5.68. The molecule has 0 rings (SSSR count). The van der Waals surface area contributed by atoms with Crippen molar-refractivity contribution in [1.82, 2.24) is 0 Å². The number of hydrogen-bond acceptors (Lipinski definition) is 8. The van der Waals surface area contributed by atoms with Gasteiger partial charge in [0.05, 0.1) is 6.54 Å². The fraction of sp³-hybridized carbons (Fsp3) is 0.250. The highest BCUT2D eigenvalue weighted by Gasteiger charge is 1.81. The number of carboxylic acids is 1. The number of hydrogen-bond donors (Lipinski definition) is 6. The topological polar surface area (TPSA) is 212 Å². The van der Waals surface area contributed by atoms with Crippen molar-refractivity contribution in [2.24, 2.45) is 37.9 Å². The van der Waals surface area contributed by atoms with Crippen molar-refractivity contribution in [3.8, 4) is 0 Å². The number of carboxylic acid groups (broad SMARTS) is 1. The van der Waals surface area contributed by atoms with Crippen LogP contribution in [-0.2, 0) is 4.79 Å². The van der Waals surface area contributed by atoms with E-state index in [1.165, 1.54) is 0 Å². The third-order valence-electron chi connectivity index (χ3n) is 0.423. The Hall–Kier alpha value is -2.43. The van der Waals surface area contributed by atoms with Crippen LogP contribution in [0, 0.1) is 11.1 Å². The van der Waals surface area contributed by atoms with E-state index in [1.54, 1.807) is 0 Å². The van der Waals surface area contributed by atoms with Crippen LogP contribution < -0.4 is 17.4 Å². The summed E-state index contributed by atoms with van der Waals surface area (Å²) in [6.45, 7) is -0.278. The van der Waals surface area contributed by atoms with Crippen LogP contribution in [0.5, 0.6) is 0 Å². The molecular formula is C4H13N9O2. The molecule has 0 radical (unpaired) electrons. The summed E-state index contributed by atoms with van der Waals surface area (Å²) in [5.74, 6) is 8.02. The maximum Gasteiger partial charge on any atom is 0.317 e. The number of aliphatic carboxylic acids is 1. The molecular weight excluding hydrogens is 206 g/mol. The van der Waals surface area contributed by atoms with Gasteiger partial charge in [0.25, 0.3) is 0 Å². The number of carbonyl (C=O) groups is 1. The van der Waals surface area contributed by atoms with Crippen molar-refractivity contribution in [3.05, 3.63) is 0 Å². The van der Waals surface area contributed by atoms with Gasteiger partial charge in [0.15, 0.2) is 12.7 Å². The Kier molecular flexibility index (Phi) is 27.6. The van der Waals surface area contributed by atoms with Gasteiger partial charge in [-0.1, -0.05) is 0 Å². The lowest BCUT2D eigenvalue weighted by molar-refractivity contribution is -0.135. The third-order valence-corrected chi connectivity index (χ3v) is 0.423. The summed E-state index contributed by atoms with van der Waals surface area (Å²) in [5.41, 5.74) is 16.6. The van der Waals surface area contributed by atoms with Crippen LogP contribution in [0.1, 0.15) is 0 Å². The van der Waals surface area contributed by atoms with Gasteiger partial charge in [-0.15, -0.1) is 10.2 Å². The first-order valence-corrected chi connectivity index (χ1v) is 3.19. The van der Waals surface area contributed by atoms with E-state index in [-0.39, 0.29) is 6.54 Å². The van der Waals surface area contributed by atoms with Gasteiger partial charge in [0.2, 0.25) is 0 Å². The van der Waals surface area contributed by atoms with E-state index in [0.29, 0.717) is 0 Å². The average molecular weight is 219 g/mol. The van der Waals surface area contributed by atoms with Crippen molar-refractivity contribution in [1.29, 1.82) is 11.1 Å². The Bertz CT molecular complexity index is 196. The first-order chi connectivity index (χ1) is 7.10. The molecule has 0 fully saturated rings. The van der Waals surface area contributed by atoms with Crippen LogP contribution in [0.25, 0.3) is 0 Å². The fourth-order valence-corrected chi connectivity index (χ4v) is 0.0667. The van der Waals surface area contributed by atoms with Crippen molar-refractivity contribution in [3.63, 3.8) is 0 Å². The number of nitrogens with two attached hydrogens (primary N) is 3. The molecule has 86 valence electrons. The van der Waals surface area contributed by atoms with Crippen molar-refractivity contribution < 1.29 is 9.90 Å². The summed E-state index contributed by atoms with van der Waals surface area (Å²) < 4.78 is 0. The van der Waals surface area contributed by atoms with E-state index in [1.807, 2.05) is 0 Å². The molecule has 15 heavy (non-hydrogen) atoms. The first kappa shape index (κ1) is 18.4. The zero-order valence-corrected chi connectivity index (χ0v) is 7.74. The van der Waals surface area contributed by atoms with Crippen LogP contribution in [0.4, 0.5) is 0 Å². The Labute approximate surface area is 85.0 Å². The molecule has 0 aliphatic heterocycles. The van der Waals surface area contributed by atoms with Crippen LogP contribution >= 0.6 is 0 Å². The van der Waals surface area contributed by atoms with Crippen LogP contribution in [0.2, 0.25) is 0 Å². The molecule has 0 aliphatic rings. The zero-order valence-electron chi connectivity index (χ0n) is 7.74. The SMILES string of the molecule is N=NC=NN.N=NC=NN.NCC(=O)O. The van der Waals surface area contributed by atoms with Crippen LogP contribution in [0.3, 0.4) is 0 Å². The van der Waals surface area contributed by atoms with Gasteiger partial charge < -0.3 is 22.5 Å². The van der Waals surface area contributed by atoms with Crippen molar-refractivity contribution in [2.75, 3.05) is 6.54 Å². The molecule has 0 saturated carbocycles. The Balaban J connectivity index is -0.000000144. The third kappa shape index (κ3) is 83.1. The number of hydrazone groups is 2. The molecule has 0 saturated heterocycles. The monoisotopic (exact) mass is 219 g/mol. The van der Waals surface area contributed by atoms with Gasteiger partial charge in [-0.3, -0.25) is 4.79 Å². The summed E-state index contributed by atoms with van der Waals surface area (Å²) >= 11 is 0. The predicted molar refractivity (Wildman–Crippen MR) is 52.3 cm³/mol. The molecule has 0 amide bonds. The van der Waals surface area contributed by atoms with Gasteiger partial charge >= 0.3 is 5.97 Å². The molecule has 0 aromatic rings. The van der Waals surface area contributed by atoms with Gasteiger partial charge in [-0.05, 0) is 0 Å². The molecule has 9 N–H and O–H groups in total. The van der Waals surface area contributed by atoms with Gasteiger partial charge in [-0.2, -0.15) is 10.2 Å². The van der Waals surface area contributed by atoms with E-state index in [2.05, 4.69) is 37.9 Å². The minimum atomic E-state index is -0.968. The van der Waals surface area contributed by atoms with Gasteiger partial charge in [-0.25, -0.2) is 11.1 Å². The lowest BCUT2D eigenvalue weighted by Gasteiger charge is -1.73. The second-order valence-corrected chi connectivity index (χ2v) is 1.39. The van der Waals surface area contributed by atoms with E-state index >= 15 is 0 Å². The summed E-state index contributed by atoms with van der Waals surface area (Å²) in [4.78, 5) is 9.24. The summed E-state index contributed by atoms with van der Waals surface area (Å²) in [6, 6.07) is 0. The Morgan fingerprint density at radius 2 is 1.47 bits per heavy atom. The standard InChI is InChI=1S/C2H5NO2.2CH4N4/c3-1-2(4)5;2*2-4-1-5-3/h1,3H2,(H,4,5);2*1-2H,3H2. The van der Waals surface area contributed by atoms with Gasteiger partial charge in [0.1, 0.15) is 0 Å². The number of rotatable bonds is 3. The Morgan fingerprint density at radius 1 is 1.20 bits per heavy atom. The highest BCUT2D eigenvalue weighted by Crippen LogP contribution is 1.45. The summed E-state index contributed by atoms with van der Waals surface area (Å²) in [5, 5.41) is 18.7. The normalized spacial score (nSPS) is 8.33. The van der Waals surface area contributed by atoms with Crippen molar-refractivity contribution >= 4 is 18.6 Å². The second-order valence-electron chi connectivity index (χ2n) is 1.39. The second kappa shape index (κ2) is 22.6. The smallest absolute Gasteiger partial charge is 0.317 e. The van der Waals surface area contributed by atoms with Gasteiger partial charge in [0, 0.05) is 0 Å². The molecule has 0 atom stereocenters. The predicted octanol–water partition coefficient (Wildman–Crippen LogP) is -1.13. The fourth-order valence-electron chi connectivity index (χ4n) is 0.0667. The molecule has 11 nitrogen and oxygen atoms in total. The minimum Gasteiger partial charge on any atom is -0.480 e. The lowest BCUT2D eigenvalue weighted by Crippen LogP contribution is -2.10. The molecule has 0 aromatic heterocycles. The van der Waals surface area contributed by atoms with Crippen molar-refractivity contribution in [2.45, 2.75) is 0 Å². The summed E-state index contributed by atoms with van der Waals surface area (Å²) in [7, 11) is 0. The molecule has 0 bridgehead atoms. The van der Waals surface area contributed by atoms with E-state index in [9.17, 15) is 4.79 Å². The number of nitrogens with one attached hydrogen (secondary N) is 2. The quantitative estimate of drug-likeness (QED) is 0.114. The molecule has 0 aliphatic carbocycles. The maximum absolute atomic E-state index is 9.24. The minimum absolute atomic E-state index is 0.278. The largest absolute Gasteiger partial charge is 0.480 e. The van der Waals surface area contributed by atoms with Crippen LogP contribution in [0.15, 0.2) is 20.4 Å². The molecule has 0 heterocycles. The zero-order chi connectivity index (χ0) is 12.5. The first-order valence-electron chi connectivity index (χ1n) is 3.19. The van der Waals surface area contributed by atoms with E-state index in [4.69, 9.17) is 16.2 Å². The average Bonchev–Trinajstić information content (AvgIpc) is 2.22. The van der Waals surface area contributed by atoms with E-state index in [0.717, 1.165) is 12.7 Å². The summed E-state index contributed by atoms with van der Waals surface area (Å²) in [6.07, 6.45) is 1.89. The molecule has 0 spiro atoms. The molecule has 0 unspecified atom stereocenters. The van der Waals surface area contributed by atoms with Crippen LogP contribution in [-0.4, -0.2) is 30.3 Å². The highest BCUT2D eigenvalue weighted by atomic mass is 16.4. The number of nitrogens with zero attached hydrogens (tertiary/aromatic N) is 4. The molecule has 11 heteroatoms. The Morgan fingerprint density at radius 3 is 1.47 bits per heavy atom. The molecule has 0 aromatic carbocycles. The maximum atomic E-state index is 9.24. The lowest BCUT2D eigenvalue weighted by atomic mass is 10.7.